The van der Waals surface area contributed by atoms with Gasteiger partial charge in [0.2, 0.25) is 0 Å². The van der Waals surface area contributed by atoms with Crippen LogP contribution in [0.2, 0.25) is 0 Å². The summed E-state index contributed by atoms with van der Waals surface area (Å²) in [6.45, 7) is 5.51. The quantitative estimate of drug-likeness (QED) is 0.785. The molecule has 1 heterocycles. The van der Waals surface area contributed by atoms with E-state index in [1.54, 1.807) is 0 Å². The van der Waals surface area contributed by atoms with Crippen molar-refractivity contribution in [2.75, 3.05) is 6.54 Å². The summed E-state index contributed by atoms with van der Waals surface area (Å²) >= 11 is 1.86. The number of rotatable bonds is 7. The van der Waals surface area contributed by atoms with Crippen molar-refractivity contribution >= 4 is 11.3 Å². The van der Waals surface area contributed by atoms with Crippen LogP contribution in [-0.4, -0.2) is 12.6 Å². The standard InChI is InChI=1S/C17H23NS/c1-3-16(14-9-6-5-7-10-14)17(18-4-2)13-15-11-8-12-19-15/h5-12,16-18H,3-4,13H2,1-2H3. The van der Waals surface area contributed by atoms with Crippen molar-refractivity contribution in [2.24, 2.45) is 0 Å². The Morgan fingerprint density at radius 3 is 2.42 bits per heavy atom. The molecule has 2 aromatic rings. The molecule has 0 spiro atoms. The summed E-state index contributed by atoms with van der Waals surface area (Å²) in [5.41, 5.74) is 1.45. The molecule has 0 aliphatic rings. The Balaban J connectivity index is 2.16. The van der Waals surface area contributed by atoms with E-state index in [1.165, 1.54) is 16.9 Å². The molecule has 0 saturated heterocycles. The van der Waals surface area contributed by atoms with Gasteiger partial charge in [-0.1, -0.05) is 50.2 Å². The molecule has 0 aliphatic heterocycles. The first-order chi connectivity index (χ1) is 9.35. The van der Waals surface area contributed by atoms with Crippen LogP contribution in [0.3, 0.4) is 0 Å². The number of benzene rings is 1. The van der Waals surface area contributed by atoms with Gasteiger partial charge in [-0.2, -0.15) is 0 Å². The Hall–Kier alpha value is -1.12. The van der Waals surface area contributed by atoms with Crippen molar-refractivity contribution in [3.05, 3.63) is 58.3 Å². The second kappa shape index (κ2) is 7.46. The Morgan fingerprint density at radius 2 is 1.84 bits per heavy atom. The third-order valence-electron chi connectivity index (χ3n) is 3.62. The van der Waals surface area contributed by atoms with Crippen molar-refractivity contribution in [3.63, 3.8) is 0 Å². The molecular weight excluding hydrogens is 250 g/mol. The van der Waals surface area contributed by atoms with Gasteiger partial charge >= 0.3 is 0 Å². The number of likely N-dealkylation sites (N-methyl/N-ethyl adjacent to an activating group) is 1. The molecular formula is C17H23NS. The molecule has 0 amide bonds. The number of hydrogen-bond donors (Lipinski definition) is 1. The molecule has 2 atom stereocenters. The third kappa shape index (κ3) is 3.92. The lowest BCUT2D eigenvalue weighted by Crippen LogP contribution is -2.36. The van der Waals surface area contributed by atoms with Crippen molar-refractivity contribution < 1.29 is 0 Å². The molecule has 1 aromatic carbocycles. The van der Waals surface area contributed by atoms with Gasteiger partial charge in [-0.15, -0.1) is 11.3 Å². The van der Waals surface area contributed by atoms with Gasteiger partial charge in [0.1, 0.15) is 0 Å². The Labute approximate surface area is 120 Å². The number of thiophene rings is 1. The van der Waals surface area contributed by atoms with Gasteiger partial charge in [0.05, 0.1) is 0 Å². The second-order valence-corrected chi connectivity index (χ2v) is 5.91. The summed E-state index contributed by atoms with van der Waals surface area (Å²) in [7, 11) is 0. The van der Waals surface area contributed by atoms with E-state index >= 15 is 0 Å². The third-order valence-corrected chi connectivity index (χ3v) is 4.52. The maximum atomic E-state index is 3.68. The van der Waals surface area contributed by atoms with Gasteiger partial charge in [-0.3, -0.25) is 0 Å². The van der Waals surface area contributed by atoms with Gasteiger partial charge in [-0.05, 0) is 42.3 Å². The van der Waals surface area contributed by atoms with Gasteiger partial charge in [0, 0.05) is 10.9 Å². The zero-order chi connectivity index (χ0) is 13.5. The first-order valence-electron chi connectivity index (χ1n) is 7.15. The topological polar surface area (TPSA) is 12.0 Å². The fourth-order valence-corrected chi connectivity index (χ4v) is 3.48. The second-order valence-electron chi connectivity index (χ2n) is 4.87. The molecule has 102 valence electrons. The van der Waals surface area contributed by atoms with Crippen LogP contribution < -0.4 is 5.32 Å². The first-order valence-corrected chi connectivity index (χ1v) is 8.03. The Morgan fingerprint density at radius 1 is 1.05 bits per heavy atom. The number of hydrogen-bond acceptors (Lipinski definition) is 2. The van der Waals surface area contributed by atoms with E-state index in [4.69, 9.17) is 0 Å². The normalized spacial score (nSPS) is 14.2. The number of nitrogens with one attached hydrogen (secondary N) is 1. The highest BCUT2D eigenvalue weighted by Gasteiger charge is 2.21. The molecule has 0 aliphatic carbocycles. The van der Waals surface area contributed by atoms with Crippen molar-refractivity contribution in [2.45, 2.75) is 38.6 Å². The Kier molecular flexibility index (Phi) is 5.62. The van der Waals surface area contributed by atoms with Gasteiger partial charge in [-0.25, -0.2) is 0 Å². The predicted octanol–water partition coefficient (Wildman–Crippen LogP) is 4.46. The van der Waals surface area contributed by atoms with Crippen LogP contribution in [0.1, 0.15) is 36.6 Å². The highest BCUT2D eigenvalue weighted by Crippen LogP contribution is 2.26. The molecule has 2 unspecified atom stereocenters. The molecule has 1 aromatic heterocycles. The summed E-state index contributed by atoms with van der Waals surface area (Å²) in [4.78, 5) is 1.47. The summed E-state index contributed by atoms with van der Waals surface area (Å²) in [5.74, 6) is 0.586. The van der Waals surface area contributed by atoms with Gasteiger partial charge < -0.3 is 5.32 Å². The van der Waals surface area contributed by atoms with Crippen LogP contribution in [0, 0.1) is 0 Å². The summed E-state index contributed by atoms with van der Waals surface area (Å²) in [5, 5.41) is 5.85. The van der Waals surface area contributed by atoms with Crippen LogP contribution in [0.25, 0.3) is 0 Å². The van der Waals surface area contributed by atoms with Crippen LogP contribution in [-0.2, 0) is 6.42 Å². The zero-order valence-electron chi connectivity index (χ0n) is 11.8. The highest BCUT2D eigenvalue weighted by molar-refractivity contribution is 7.09. The molecule has 2 rings (SSSR count). The average Bonchev–Trinajstić information content (AvgIpc) is 2.94. The minimum Gasteiger partial charge on any atom is -0.313 e. The van der Waals surface area contributed by atoms with Gasteiger partial charge in [0.15, 0.2) is 0 Å². The van der Waals surface area contributed by atoms with Crippen molar-refractivity contribution in [3.8, 4) is 0 Å². The Bertz CT molecular complexity index is 449. The minimum absolute atomic E-state index is 0.524. The molecule has 1 N–H and O–H groups in total. The summed E-state index contributed by atoms with van der Waals surface area (Å²) in [6.07, 6.45) is 2.30. The van der Waals surface area contributed by atoms with E-state index in [-0.39, 0.29) is 0 Å². The van der Waals surface area contributed by atoms with E-state index in [0.29, 0.717) is 12.0 Å². The van der Waals surface area contributed by atoms with E-state index in [9.17, 15) is 0 Å². The van der Waals surface area contributed by atoms with E-state index < -0.39 is 0 Å². The predicted molar refractivity (Wildman–Crippen MR) is 85.0 cm³/mol. The van der Waals surface area contributed by atoms with E-state index in [1.807, 2.05) is 11.3 Å². The summed E-state index contributed by atoms with van der Waals surface area (Å²) in [6, 6.07) is 15.8. The van der Waals surface area contributed by atoms with Crippen molar-refractivity contribution in [1.29, 1.82) is 0 Å². The molecule has 0 saturated carbocycles. The maximum absolute atomic E-state index is 3.68. The van der Waals surface area contributed by atoms with Crippen LogP contribution in [0.15, 0.2) is 47.8 Å². The summed E-state index contributed by atoms with van der Waals surface area (Å²) < 4.78 is 0. The van der Waals surface area contributed by atoms with Crippen LogP contribution >= 0.6 is 11.3 Å². The van der Waals surface area contributed by atoms with Crippen LogP contribution in [0.4, 0.5) is 0 Å². The van der Waals surface area contributed by atoms with Gasteiger partial charge in [0.25, 0.3) is 0 Å². The minimum atomic E-state index is 0.524. The fraction of sp³-hybridized carbons (Fsp3) is 0.412. The average molecular weight is 273 g/mol. The van der Waals surface area contributed by atoms with E-state index in [2.05, 4.69) is 67.0 Å². The molecule has 1 nitrogen and oxygen atoms in total. The zero-order valence-corrected chi connectivity index (χ0v) is 12.6. The smallest absolute Gasteiger partial charge is 0.0184 e. The molecule has 0 fully saturated rings. The molecule has 0 radical (unpaired) electrons. The van der Waals surface area contributed by atoms with E-state index in [0.717, 1.165) is 13.0 Å². The molecule has 19 heavy (non-hydrogen) atoms. The lowest BCUT2D eigenvalue weighted by Gasteiger charge is -2.27. The van der Waals surface area contributed by atoms with Crippen molar-refractivity contribution in [1.82, 2.24) is 5.32 Å². The lowest BCUT2D eigenvalue weighted by atomic mass is 9.87. The monoisotopic (exact) mass is 273 g/mol. The van der Waals surface area contributed by atoms with Crippen LogP contribution in [0.5, 0.6) is 0 Å². The maximum Gasteiger partial charge on any atom is 0.0184 e. The molecule has 2 heteroatoms. The fourth-order valence-electron chi connectivity index (χ4n) is 2.72. The highest BCUT2D eigenvalue weighted by atomic mass is 32.1. The lowest BCUT2D eigenvalue weighted by molar-refractivity contribution is 0.430. The molecule has 0 bridgehead atoms. The largest absolute Gasteiger partial charge is 0.313 e. The first kappa shape index (κ1) is 14.3. The SMILES string of the molecule is CCNC(Cc1cccs1)C(CC)c1ccccc1.